The number of nitrogens with one attached hydrogen (secondary N) is 2. The normalized spacial score (nSPS) is 11.2. The molecule has 2 amide bonds. The molecule has 29 heavy (non-hydrogen) atoms. The van der Waals surface area contributed by atoms with E-state index in [1.54, 1.807) is 0 Å². The van der Waals surface area contributed by atoms with Gasteiger partial charge >= 0.3 is 12.1 Å². The van der Waals surface area contributed by atoms with Crippen LogP contribution >= 0.6 is 0 Å². The molecular formula is C21H30N2O6. The summed E-state index contributed by atoms with van der Waals surface area (Å²) in [5, 5.41) is 5.28. The van der Waals surface area contributed by atoms with E-state index in [1.165, 1.54) is 14.0 Å². The minimum atomic E-state index is -0.808. The number of hydrogen-bond donors (Lipinski definition) is 2. The Morgan fingerprint density at radius 3 is 2.38 bits per heavy atom. The molecule has 0 spiro atoms. The SMILES string of the molecule is COC(=O)[C@@H](CCC(C)=O)NC(=O)CCCCCNC(=O)OCc1ccccc1. The predicted molar refractivity (Wildman–Crippen MR) is 107 cm³/mol. The van der Waals surface area contributed by atoms with Crippen LogP contribution in [0.15, 0.2) is 30.3 Å². The number of Topliss-reactive ketones (excluding diaryl/α,β-unsaturated/α-hetero) is 1. The van der Waals surface area contributed by atoms with Crippen molar-refractivity contribution in [3.63, 3.8) is 0 Å². The van der Waals surface area contributed by atoms with Crippen LogP contribution in [0.25, 0.3) is 0 Å². The topological polar surface area (TPSA) is 111 Å². The molecule has 0 aliphatic rings. The van der Waals surface area contributed by atoms with Crippen molar-refractivity contribution in [2.45, 2.75) is 58.1 Å². The summed E-state index contributed by atoms with van der Waals surface area (Å²) in [6.45, 7) is 2.11. The highest BCUT2D eigenvalue weighted by molar-refractivity contribution is 5.85. The van der Waals surface area contributed by atoms with Crippen molar-refractivity contribution in [3.05, 3.63) is 35.9 Å². The highest BCUT2D eigenvalue weighted by Gasteiger charge is 2.21. The number of methoxy groups -OCH3 is 1. The van der Waals surface area contributed by atoms with Gasteiger partial charge in [-0.25, -0.2) is 9.59 Å². The Morgan fingerprint density at radius 2 is 1.72 bits per heavy atom. The van der Waals surface area contributed by atoms with E-state index in [1.807, 2.05) is 30.3 Å². The number of rotatable bonds is 13. The van der Waals surface area contributed by atoms with Crippen LogP contribution < -0.4 is 10.6 Å². The van der Waals surface area contributed by atoms with Crippen molar-refractivity contribution >= 4 is 23.8 Å². The second kappa shape index (κ2) is 14.1. The molecule has 1 aromatic carbocycles. The van der Waals surface area contributed by atoms with Gasteiger partial charge in [-0.1, -0.05) is 36.8 Å². The fourth-order valence-electron chi connectivity index (χ4n) is 2.56. The first-order chi connectivity index (χ1) is 13.9. The maximum absolute atomic E-state index is 12.0. The average molecular weight is 406 g/mol. The summed E-state index contributed by atoms with van der Waals surface area (Å²) in [7, 11) is 1.24. The molecular weight excluding hydrogens is 376 g/mol. The van der Waals surface area contributed by atoms with Gasteiger partial charge in [-0.3, -0.25) is 4.79 Å². The van der Waals surface area contributed by atoms with E-state index in [0.29, 0.717) is 19.4 Å². The molecule has 0 aliphatic heterocycles. The number of alkyl carbamates (subject to hydrolysis) is 1. The number of unbranched alkanes of at least 4 members (excludes halogenated alkanes) is 2. The molecule has 0 unspecified atom stereocenters. The number of benzene rings is 1. The second-order valence-electron chi connectivity index (χ2n) is 6.68. The second-order valence-corrected chi connectivity index (χ2v) is 6.68. The number of esters is 1. The highest BCUT2D eigenvalue weighted by atomic mass is 16.5. The van der Waals surface area contributed by atoms with Gasteiger partial charge in [0.1, 0.15) is 18.4 Å². The molecule has 0 radical (unpaired) electrons. The molecule has 0 saturated heterocycles. The molecule has 0 aliphatic carbocycles. The lowest BCUT2D eigenvalue weighted by molar-refractivity contribution is -0.145. The minimum Gasteiger partial charge on any atom is -0.467 e. The maximum atomic E-state index is 12.0. The zero-order valence-electron chi connectivity index (χ0n) is 17.1. The largest absolute Gasteiger partial charge is 0.467 e. The van der Waals surface area contributed by atoms with Crippen LogP contribution in [0.5, 0.6) is 0 Å². The first-order valence-electron chi connectivity index (χ1n) is 9.73. The summed E-state index contributed by atoms with van der Waals surface area (Å²) < 4.78 is 9.76. The van der Waals surface area contributed by atoms with Gasteiger partial charge in [-0.2, -0.15) is 0 Å². The van der Waals surface area contributed by atoms with Gasteiger partial charge in [-0.05, 0) is 31.7 Å². The van der Waals surface area contributed by atoms with Crippen LogP contribution in [-0.2, 0) is 30.5 Å². The Morgan fingerprint density at radius 1 is 1.00 bits per heavy atom. The van der Waals surface area contributed by atoms with E-state index in [0.717, 1.165) is 12.0 Å². The van der Waals surface area contributed by atoms with E-state index in [-0.39, 0.29) is 37.6 Å². The van der Waals surface area contributed by atoms with E-state index in [2.05, 4.69) is 15.4 Å². The fourth-order valence-corrected chi connectivity index (χ4v) is 2.56. The van der Waals surface area contributed by atoms with Gasteiger partial charge in [0, 0.05) is 19.4 Å². The van der Waals surface area contributed by atoms with Crippen molar-refractivity contribution in [3.8, 4) is 0 Å². The van der Waals surface area contributed by atoms with E-state index in [4.69, 9.17) is 4.74 Å². The predicted octanol–water partition coefficient (Wildman–Crippen LogP) is 2.50. The quantitative estimate of drug-likeness (QED) is 0.385. The molecule has 2 N–H and O–H groups in total. The van der Waals surface area contributed by atoms with Crippen molar-refractivity contribution in [2.24, 2.45) is 0 Å². The number of ether oxygens (including phenoxy) is 2. The molecule has 8 heteroatoms. The summed E-state index contributed by atoms with van der Waals surface area (Å²) in [4.78, 5) is 46.4. The van der Waals surface area contributed by atoms with Gasteiger partial charge < -0.3 is 24.9 Å². The number of carbonyl (C=O) groups excluding carboxylic acids is 4. The zero-order valence-corrected chi connectivity index (χ0v) is 17.1. The molecule has 160 valence electrons. The molecule has 0 fully saturated rings. The van der Waals surface area contributed by atoms with Gasteiger partial charge in [-0.15, -0.1) is 0 Å². The van der Waals surface area contributed by atoms with Gasteiger partial charge in [0.05, 0.1) is 7.11 Å². The third-order valence-corrected chi connectivity index (χ3v) is 4.17. The Hall–Kier alpha value is -2.90. The fraction of sp³-hybridized carbons (Fsp3) is 0.524. The van der Waals surface area contributed by atoms with E-state index in [9.17, 15) is 19.2 Å². The van der Waals surface area contributed by atoms with Crippen LogP contribution in [0.4, 0.5) is 4.79 Å². The molecule has 0 aromatic heterocycles. The minimum absolute atomic E-state index is 0.0528. The van der Waals surface area contributed by atoms with Gasteiger partial charge in [0.15, 0.2) is 0 Å². The molecule has 1 rings (SSSR count). The number of ketones is 1. The summed E-state index contributed by atoms with van der Waals surface area (Å²) >= 11 is 0. The van der Waals surface area contributed by atoms with E-state index >= 15 is 0 Å². The summed E-state index contributed by atoms with van der Waals surface area (Å²) in [5.74, 6) is -0.875. The van der Waals surface area contributed by atoms with Crippen LogP contribution in [0.1, 0.15) is 51.0 Å². The molecule has 0 bridgehead atoms. The number of hydrogen-bond acceptors (Lipinski definition) is 6. The van der Waals surface area contributed by atoms with Crippen molar-refractivity contribution < 1.29 is 28.7 Å². The van der Waals surface area contributed by atoms with Gasteiger partial charge in [0.25, 0.3) is 0 Å². The third-order valence-electron chi connectivity index (χ3n) is 4.17. The summed E-state index contributed by atoms with van der Waals surface area (Å²) in [6.07, 6.45) is 2.27. The smallest absolute Gasteiger partial charge is 0.407 e. The van der Waals surface area contributed by atoms with Crippen molar-refractivity contribution in [1.29, 1.82) is 0 Å². The lowest BCUT2D eigenvalue weighted by Crippen LogP contribution is -2.41. The Kier molecular flexibility index (Phi) is 11.8. The molecule has 0 heterocycles. The summed E-state index contributed by atoms with van der Waals surface area (Å²) in [6, 6.07) is 8.60. The third kappa shape index (κ3) is 11.5. The Bertz CT molecular complexity index is 662. The molecule has 1 aromatic rings. The van der Waals surface area contributed by atoms with Crippen LogP contribution in [0.2, 0.25) is 0 Å². The number of carbonyl (C=O) groups is 4. The Balaban J connectivity index is 2.13. The summed E-state index contributed by atoms with van der Waals surface area (Å²) in [5.41, 5.74) is 0.919. The average Bonchev–Trinajstić information content (AvgIpc) is 2.72. The Labute approximate surface area is 171 Å². The maximum Gasteiger partial charge on any atom is 0.407 e. The van der Waals surface area contributed by atoms with Crippen molar-refractivity contribution in [2.75, 3.05) is 13.7 Å². The first-order valence-corrected chi connectivity index (χ1v) is 9.73. The van der Waals surface area contributed by atoms with Crippen LogP contribution in [-0.4, -0.2) is 43.4 Å². The standard InChI is InChI=1S/C21H30N2O6/c1-16(24)12-13-18(20(26)28-2)23-19(25)11-7-4-8-14-22-21(27)29-15-17-9-5-3-6-10-17/h3,5-6,9-10,18H,4,7-8,11-15H2,1-2H3,(H,22,27)(H,23,25)/t18-/m1/s1. The lowest BCUT2D eigenvalue weighted by Gasteiger charge is -2.15. The molecule has 0 saturated carbocycles. The van der Waals surface area contributed by atoms with Crippen LogP contribution in [0, 0.1) is 0 Å². The molecule has 8 nitrogen and oxygen atoms in total. The molecule has 1 atom stereocenters. The first kappa shape index (κ1) is 24.1. The lowest BCUT2D eigenvalue weighted by atomic mass is 10.1. The monoisotopic (exact) mass is 406 g/mol. The number of amides is 2. The van der Waals surface area contributed by atoms with E-state index < -0.39 is 18.1 Å². The van der Waals surface area contributed by atoms with Gasteiger partial charge in [0.2, 0.25) is 5.91 Å². The van der Waals surface area contributed by atoms with Crippen molar-refractivity contribution in [1.82, 2.24) is 10.6 Å². The highest BCUT2D eigenvalue weighted by Crippen LogP contribution is 2.04. The zero-order chi connectivity index (χ0) is 21.5. The van der Waals surface area contributed by atoms with Crippen LogP contribution in [0.3, 0.4) is 0 Å².